The Balaban J connectivity index is 2.10. The molecule has 0 unspecified atom stereocenters. The number of aliphatic hydroxyl groups excluding tert-OH is 1. The van der Waals surface area contributed by atoms with E-state index in [1.165, 1.54) is 11.3 Å². The Hall–Kier alpha value is -1.18. The molecule has 0 spiro atoms. The molecule has 1 aliphatic heterocycles. The van der Waals surface area contributed by atoms with Crippen LogP contribution in [-0.4, -0.2) is 45.9 Å². The number of aliphatic hydroxyl groups is 2. The van der Waals surface area contributed by atoms with E-state index in [9.17, 15) is 15.0 Å². The van der Waals surface area contributed by atoms with E-state index in [2.05, 4.69) is 4.98 Å². The number of anilines is 1. The van der Waals surface area contributed by atoms with E-state index >= 15 is 0 Å². The van der Waals surface area contributed by atoms with Gasteiger partial charge < -0.3 is 20.8 Å². The SMILES string of the molecule is CC[C@@]1(O)CCN(c2nc(C(N)=O)cs2)C[C@H]1O. The minimum absolute atomic E-state index is 0.237. The molecule has 0 bridgehead atoms. The van der Waals surface area contributed by atoms with Crippen LogP contribution in [0.25, 0.3) is 0 Å². The lowest BCUT2D eigenvalue weighted by molar-refractivity contribution is -0.0878. The van der Waals surface area contributed by atoms with E-state index in [-0.39, 0.29) is 5.69 Å². The second kappa shape index (κ2) is 4.83. The van der Waals surface area contributed by atoms with Gasteiger partial charge in [-0.2, -0.15) is 0 Å². The lowest BCUT2D eigenvalue weighted by atomic mass is 9.86. The molecule has 0 radical (unpaired) electrons. The third kappa shape index (κ3) is 2.33. The van der Waals surface area contributed by atoms with Crippen LogP contribution in [0.5, 0.6) is 0 Å². The highest BCUT2D eigenvalue weighted by Crippen LogP contribution is 2.30. The number of piperidine rings is 1. The molecule has 7 heteroatoms. The Morgan fingerprint density at radius 1 is 1.78 bits per heavy atom. The van der Waals surface area contributed by atoms with Gasteiger partial charge in [0.2, 0.25) is 0 Å². The Kier molecular flexibility index (Phi) is 3.56. The zero-order chi connectivity index (χ0) is 13.3. The number of carbonyl (C=O) groups excluding carboxylic acids is 1. The molecule has 1 fully saturated rings. The number of rotatable bonds is 3. The predicted molar refractivity (Wildman–Crippen MR) is 68.7 cm³/mol. The largest absolute Gasteiger partial charge is 0.388 e. The molecule has 6 nitrogen and oxygen atoms in total. The van der Waals surface area contributed by atoms with Gasteiger partial charge in [-0.1, -0.05) is 6.92 Å². The Labute approximate surface area is 109 Å². The standard InChI is InChI=1S/C11H17N3O3S/c1-2-11(17)3-4-14(5-8(11)15)10-13-7(6-18-10)9(12)16/h6,8,15,17H,2-5H2,1H3,(H2,12,16)/t8-,11-/m1/s1. The minimum atomic E-state index is -1.01. The van der Waals surface area contributed by atoms with Crippen molar-refractivity contribution in [2.24, 2.45) is 5.73 Å². The molecule has 2 heterocycles. The average Bonchev–Trinajstić information content (AvgIpc) is 2.82. The topological polar surface area (TPSA) is 99.7 Å². The molecule has 1 aliphatic rings. The number of nitrogens with zero attached hydrogens (tertiary/aromatic N) is 2. The summed E-state index contributed by atoms with van der Waals surface area (Å²) >= 11 is 1.32. The maximum atomic E-state index is 11.0. The second-order valence-corrected chi connectivity index (χ2v) is 5.39. The first-order chi connectivity index (χ1) is 8.46. The molecule has 1 aromatic heterocycles. The molecule has 1 amide bonds. The zero-order valence-electron chi connectivity index (χ0n) is 10.2. The first kappa shape index (κ1) is 13.3. The summed E-state index contributed by atoms with van der Waals surface area (Å²) in [6.07, 6.45) is 0.194. The van der Waals surface area contributed by atoms with Crippen molar-refractivity contribution in [3.63, 3.8) is 0 Å². The van der Waals surface area contributed by atoms with Gasteiger partial charge in [0.05, 0.1) is 5.60 Å². The van der Waals surface area contributed by atoms with E-state index in [0.717, 1.165) is 0 Å². The normalized spacial score (nSPS) is 28.4. The smallest absolute Gasteiger partial charge is 0.268 e. The fourth-order valence-corrected chi connectivity index (χ4v) is 2.93. The van der Waals surface area contributed by atoms with E-state index in [1.807, 2.05) is 11.8 Å². The van der Waals surface area contributed by atoms with Crippen LogP contribution >= 0.6 is 11.3 Å². The van der Waals surface area contributed by atoms with Crippen LogP contribution in [0, 0.1) is 0 Å². The molecule has 4 N–H and O–H groups in total. The molecule has 2 atom stereocenters. The molecule has 0 saturated carbocycles. The van der Waals surface area contributed by atoms with Gasteiger partial charge in [-0.05, 0) is 12.8 Å². The van der Waals surface area contributed by atoms with Crippen LogP contribution in [-0.2, 0) is 0 Å². The summed E-state index contributed by atoms with van der Waals surface area (Å²) in [5, 5.41) is 22.4. The van der Waals surface area contributed by atoms with Crippen LogP contribution in [0.1, 0.15) is 30.3 Å². The minimum Gasteiger partial charge on any atom is -0.388 e. The number of aromatic nitrogens is 1. The molecule has 2 rings (SSSR count). The monoisotopic (exact) mass is 271 g/mol. The molecule has 18 heavy (non-hydrogen) atoms. The van der Waals surface area contributed by atoms with Crippen LogP contribution in [0.2, 0.25) is 0 Å². The van der Waals surface area contributed by atoms with E-state index in [1.54, 1.807) is 5.38 Å². The third-order valence-electron chi connectivity index (χ3n) is 3.46. The zero-order valence-corrected chi connectivity index (χ0v) is 11.0. The van der Waals surface area contributed by atoms with E-state index < -0.39 is 17.6 Å². The molecular formula is C11H17N3O3S. The third-order valence-corrected chi connectivity index (χ3v) is 4.36. The molecule has 0 aliphatic carbocycles. The molecule has 1 aromatic rings. The van der Waals surface area contributed by atoms with Crippen molar-refractivity contribution in [3.05, 3.63) is 11.1 Å². The highest BCUT2D eigenvalue weighted by atomic mass is 32.1. The van der Waals surface area contributed by atoms with Gasteiger partial charge in [-0.25, -0.2) is 4.98 Å². The maximum Gasteiger partial charge on any atom is 0.268 e. The lowest BCUT2D eigenvalue weighted by Crippen LogP contribution is -2.55. The Morgan fingerprint density at radius 3 is 3.00 bits per heavy atom. The van der Waals surface area contributed by atoms with Crippen molar-refractivity contribution in [3.8, 4) is 0 Å². The Morgan fingerprint density at radius 2 is 2.50 bits per heavy atom. The Bertz CT molecular complexity index is 450. The first-order valence-corrected chi connectivity index (χ1v) is 6.75. The number of carbonyl (C=O) groups is 1. The van der Waals surface area contributed by atoms with Gasteiger partial charge in [0.15, 0.2) is 5.13 Å². The molecule has 0 aromatic carbocycles. The van der Waals surface area contributed by atoms with Crippen molar-refractivity contribution < 1.29 is 15.0 Å². The van der Waals surface area contributed by atoms with E-state index in [4.69, 9.17) is 5.73 Å². The number of nitrogens with two attached hydrogens (primary N) is 1. The quantitative estimate of drug-likeness (QED) is 0.716. The summed E-state index contributed by atoms with van der Waals surface area (Å²) in [4.78, 5) is 17.0. The van der Waals surface area contributed by atoms with Crippen molar-refractivity contribution in [2.75, 3.05) is 18.0 Å². The average molecular weight is 271 g/mol. The predicted octanol–water partition coefficient (Wildman–Crippen LogP) is -0.0459. The summed E-state index contributed by atoms with van der Waals surface area (Å²) in [7, 11) is 0. The van der Waals surface area contributed by atoms with Gasteiger partial charge in [0.25, 0.3) is 5.91 Å². The second-order valence-electron chi connectivity index (χ2n) is 4.55. The van der Waals surface area contributed by atoms with Crippen molar-refractivity contribution >= 4 is 22.4 Å². The van der Waals surface area contributed by atoms with Gasteiger partial charge >= 0.3 is 0 Å². The summed E-state index contributed by atoms with van der Waals surface area (Å²) in [5.74, 6) is -0.555. The van der Waals surface area contributed by atoms with Crippen LogP contribution in [0.15, 0.2) is 5.38 Å². The van der Waals surface area contributed by atoms with Crippen molar-refractivity contribution in [1.82, 2.24) is 4.98 Å². The highest BCUT2D eigenvalue weighted by Gasteiger charge is 2.39. The number of primary amides is 1. The van der Waals surface area contributed by atoms with Crippen LogP contribution in [0.3, 0.4) is 0 Å². The summed E-state index contributed by atoms with van der Waals surface area (Å²) < 4.78 is 0. The number of β-amino-alcohol motifs (C(OH)–C–C–N with tert-alkyl or cyclic N) is 1. The van der Waals surface area contributed by atoms with Gasteiger partial charge in [0, 0.05) is 18.5 Å². The van der Waals surface area contributed by atoms with Crippen molar-refractivity contribution in [1.29, 1.82) is 0 Å². The molecule has 1 saturated heterocycles. The number of amides is 1. The number of hydrogen-bond acceptors (Lipinski definition) is 6. The molecular weight excluding hydrogens is 254 g/mol. The lowest BCUT2D eigenvalue weighted by Gasteiger charge is -2.41. The fraction of sp³-hybridized carbons (Fsp3) is 0.636. The van der Waals surface area contributed by atoms with Gasteiger partial charge in [-0.15, -0.1) is 11.3 Å². The van der Waals surface area contributed by atoms with Crippen molar-refractivity contribution in [2.45, 2.75) is 31.5 Å². The number of hydrogen-bond donors (Lipinski definition) is 3. The summed E-state index contributed by atoms with van der Waals surface area (Å²) in [6.45, 7) is 2.77. The summed E-state index contributed by atoms with van der Waals surface area (Å²) in [5.41, 5.74) is 4.37. The highest BCUT2D eigenvalue weighted by molar-refractivity contribution is 7.13. The molecule has 100 valence electrons. The first-order valence-electron chi connectivity index (χ1n) is 5.87. The van der Waals surface area contributed by atoms with Crippen LogP contribution < -0.4 is 10.6 Å². The van der Waals surface area contributed by atoms with Gasteiger partial charge in [0.1, 0.15) is 11.8 Å². The van der Waals surface area contributed by atoms with Gasteiger partial charge in [-0.3, -0.25) is 4.79 Å². The number of thiazole rings is 1. The van der Waals surface area contributed by atoms with E-state index in [0.29, 0.717) is 31.1 Å². The maximum absolute atomic E-state index is 11.0. The fourth-order valence-electron chi connectivity index (χ4n) is 2.07. The van der Waals surface area contributed by atoms with Crippen LogP contribution in [0.4, 0.5) is 5.13 Å². The summed E-state index contributed by atoms with van der Waals surface area (Å²) in [6, 6.07) is 0.